The van der Waals surface area contributed by atoms with E-state index in [0.717, 1.165) is 17.3 Å². The molecule has 1 aliphatic heterocycles. The summed E-state index contributed by atoms with van der Waals surface area (Å²) in [5.41, 5.74) is 6.53. The summed E-state index contributed by atoms with van der Waals surface area (Å²) in [6, 6.07) is 4.80. The van der Waals surface area contributed by atoms with Crippen molar-refractivity contribution in [2.24, 2.45) is 10.7 Å². The molecule has 19 heavy (non-hydrogen) atoms. The normalized spacial score (nSPS) is 22.3. The fraction of sp³-hybridized carbons (Fsp3) is 0.462. The Labute approximate surface area is 125 Å². The average Bonchev–Trinajstić information content (AvgIpc) is 2.43. The maximum absolute atomic E-state index is 13.7. The molecule has 0 spiro atoms. The number of thioether (sulfide) groups is 1. The van der Waals surface area contributed by atoms with E-state index in [2.05, 4.69) is 20.9 Å². The van der Waals surface area contributed by atoms with Crippen LogP contribution < -0.4 is 5.73 Å². The summed E-state index contributed by atoms with van der Waals surface area (Å²) in [6.45, 7) is 0. The number of nitrogens with two attached hydrogens (primary N) is 1. The first-order valence-corrected chi connectivity index (χ1v) is 7.88. The van der Waals surface area contributed by atoms with Crippen LogP contribution in [0.2, 0.25) is 0 Å². The van der Waals surface area contributed by atoms with Gasteiger partial charge < -0.3 is 5.73 Å². The predicted molar refractivity (Wildman–Crippen MR) is 82.0 cm³/mol. The first-order valence-electron chi connectivity index (χ1n) is 5.80. The molecule has 2 N–H and O–H groups in total. The summed E-state index contributed by atoms with van der Waals surface area (Å²) >= 11 is 5.05. The maximum atomic E-state index is 13.7. The number of halogens is 3. The van der Waals surface area contributed by atoms with E-state index in [0.29, 0.717) is 18.6 Å². The zero-order chi connectivity index (χ0) is 14.4. The van der Waals surface area contributed by atoms with Crippen molar-refractivity contribution in [3.63, 3.8) is 0 Å². The Bertz CT molecular complexity index is 454. The molecule has 1 unspecified atom stereocenters. The number of benzene rings is 1. The fourth-order valence-electron chi connectivity index (χ4n) is 2.02. The lowest BCUT2D eigenvalue weighted by Gasteiger charge is -2.25. The zero-order valence-electron chi connectivity index (χ0n) is 10.9. The van der Waals surface area contributed by atoms with E-state index in [1.807, 2.05) is 6.26 Å². The second kappa shape index (κ2) is 7.85. The Morgan fingerprint density at radius 1 is 1.37 bits per heavy atom. The first kappa shape index (κ1) is 16.4. The van der Waals surface area contributed by atoms with Crippen LogP contribution >= 0.6 is 27.7 Å². The van der Waals surface area contributed by atoms with Crippen LogP contribution in [0.5, 0.6) is 0 Å². The summed E-state index contributed by atoms with van der Waals surface area (Å²) in [5.74, 6) is 0.422. The lowest BCUT2D eigenvalue weighted by atomic mass is 9.98. The molecule has 0 aliphatic carbocycles. The van der Waals surface area contributed by atoms with E-state index < -0.39 is 0 Å². The standard InChI is InChI=1S/C12H14BrFN2S.CH3F/c1-17-11-5-4-10(16-12(11)15)8-6-7(13)2-3-9(8)14;1-2/h2-3,6,10-11H,4-5H2,1H3,(H2,15,16);1H3/t10?,11-;/m0./s1. The van der Waals surface area contributed by atoms with Gasteiger partial charge in [0.1, 0.15) is 11.7 Å². The van der Waals surface area contributed by atoms with Crippen molar-refractivity contribution in [3.05, 3.63) is 34.1 Å². The van der Waals surface area contributed by atoms with Gasteiger partial charge in [-0.3, -0.25) is 9.38 Å². The molecule has 0 bridgehead atoms. The van der Waals surface area contributed by atoms with Crippen LogP contribution in [0.4, 0.5) is 8.78 Å². The van der Waals surface area contributed by atoms with E-state index in [9.17, 15) is 8.78 Å². The molecule has 6 heteroatoms. The van der Waals surface area contributed by atoms with Crippen LogP contribution in [-0.4, -0.2) is 24.5 Å². The largest absolute Gasteiger partial charge is 0.387 e. The minimum absolute atomic E-state index is 0.143. The molecule has 1 aliphatic rings. The molecule has 1 aromatic carbocycles. The van der Waals surface area contributed by atoms with Crippen molar-refractivity contribution in [1.82, 2.24) is 0 Å². The Hall–Kier alpha value is -0.620. The van der Waals surface area contributed by atoms with Crippen LogP contribution in [0.15, 0.2) is 27.7 Å². The molecule has 1 heterocycles. The van der Waals surface area contributed by atoms with Gasteiger partial charge in [0, 0.05) is 10.0 Å². The van der Waals surface area contributed by atoms with E-state index in [1.165, 1.54) is 6.07 Å². The quantitative estimate of drug-likeness (QED) is 0.871. The molecule has 1 aromatic rings. The van der Waals surface area contributed by atoms with Crippen LogP contribution in [0.25, 0.3) is 0 Å². The number of aliphatic imine (C=N–C) groups is 1. The van der Waals surface area contributed by atoms with Crippen LogP contribution in [-0.2, 0) is 0 Å². The van der Waals surface area contributed by atoms with E-state index in [-0.39, 0.29) is 17.1 Å². The molecule has 0 fully saturated rings. The smallest absolute Gasteiger partial charge is 0.128 e. The van der Waals surface area contributed by atoms with E-state index in [4.69, 9.17) is 5.73 Å². The third-order valence-electron chi connectivity index (χ3n) is 2.94. The molecule has 0 saturated heterocycles. The monoisotopic (exact) mass is 350 g/mol. The van der Waals surface area contributed by atoms with Gasteiger partial charge in [-0.1, -0.05) is 15.9 Å². The molecule has 0 radical (unpaired) electrons. The molecule has 0 saturated carbocycles. The molecule has 106 valence electrons. The number of amidine groups is 1. The third kappa shape index (κ3) is 4.18. The van der Waals surface area contributed by atoms with Crippen molar-refractivity contribution >= 4 is 33.5 Å². The van der Waals surface area contributed by atoms with Crippen molar-refractivity contribution in [2.45, 2.75) is 24.1 Å². The minimum Gasteiger partial charge on any atom is -0.387 e. The Kier molecular flexibility index (Phi) is 6.79. The number of nitrogens with zero attached hydrogens (tertiary/aromatic N) is 1. The second-order valence-corrected chi connectivity index (χ2v) is 5.99. The van der Waals surface area contributed by atoms with Gasteiger partial charge in [0.05, 0.1) is 18.5 Å². The van der Waals surface area contributed by atoms with Gasteiger partial charge in [-0.15, -0.1) is 0 Å². The Morgan fingerprint density at radius 2 is 2.05 bits per heavy atom. The lowest BCUT2D eigenvalue weighted by Crippen LogP contribution is -2.30. The fourth-order valence-corrected chi connectivity index (χ4v) is 3.07. The molecule has 0 amide bonds. The summed E-state index contributed by atoms with van der Waals surface area (Å²) in [7, 11) is 0.500. The van der Waals surface area contributed by atoms with Crippen LogP contribution in [0.1, 0.15) is 24.4 Å². The molecule has 2 atom stereocenters. The minimum atomic E-state index is -0.211. The zero-order valence-corrected chi connectivity index (χ0v) is 13.3. The van der Waals surface area contributed by atoms with Crippen molar-refractivity contribution < 1.29 is 8.78 Å². The summed E-state index contributed by atoms with van der Waals surface area (Å²) < 4.78 is 24.1. The molecular formula is C13H17BrF2N2S. The highest BCUT2D eigenvalue weighted by atomic mass is 79.9. The highest BCUT2D eigenvalue weighted by molar-refractivity contribution is 9.10. The lowest BCUT2D eigenvalue weighted by molar-refractivity contribution is 0.544. The summed E-state index contributed by atoms with van der Waals surface area (Å²) in [5, 5.41) is 0.279. The first-order chi connectivity index (χ1) is 9.11. The van der Waals surface area contributed by atoms with Crippen molar-refractivity contribution in [1.29, 1.82) is 0 Å². The van der Waals surface area contributed by atoms with Crippen LogP contribution in [0.3, 0.4) is 0 Å². The summed E-state index contributed by atoms with van der Waals surface area (Å²) in [4.78, 5) is 4.42. The third-order valence-corrected chi connectivity index (χ3v) is 4.48. The van der Waals surface area contributed by atoms with E-state index in [1.54, 1.807) is 23.9 Å². The SMILES string of the molecule is CF.CS[C@H]1CCC(c2cc(Br)ccc2F)N=C1N. The number of hydrogen-bond acceptors (Lipinski definition) is 3. The predicted octanol–water partition coefficient (Wildman–Crippen LogP) is 4.10. The van der Waals surface area contributed by atoms with Crippen molar-refractivity contribution in [3.8, 4) is 0 Å². The molecule has 0 aromatic heterocycles. The van der Waals surface area contributed by atoms with Gasteiger partial charge in [-0.05, 0) is 37.3 Å². The van der Waals surface area contributed by atoms with Gasteiger partial charge in [0.2, 0.25) is 0 Å². The van der Waals surface area contributed by atoms with Gasteiger partial charge in [-0.2, -0.15) is 11.8 Å². The maximum Gasteiger partial charge on any atom is 0.128 e. The second-order valence-electron chi connectivity index (χ2n) is 4.04. The molecule has 2 nitrogen and oxygen atoms in total. The highest BCUT2D eigenvalue weighted by Gasteiger charge is 2.24. The van der Waals surface area contributed by atoms with Crippen molar-refractivity contribution in [2.75, 3.05) is 13.4 Å². The molecule has 2 rings (SSSR count). The van der Waals surface area contributed by atoms with Gasteiger partial charge in [-0.25, -0.2) is 4.39 Å². The van der Waals surface area contributed by atoms with Gasteiger partial charge in [0.15, 0.2) is 0 Å². The van der Waals surface area contributed by atoms with E-state index >= 15 is 0 Å². The number of rotatable bonds is 2. The number of alkyl halides is 1. The topological polar surface area (TPSA) is 38.4 Å². The average molecular weight is 351 g/mol. The Balaban J connectivity index is 0.000000861. The van der Waals surface area contributed by atoms with Crippen LogP contribution in [0, 0.1) is 5.82 Å². The molecular weight excluding hydrogens is 334 g/mol. The highest BCUT2D eigenvalue weighted by Crippen LogP contribution is 2.33. The number of hydrogen-bond donors (Lipinski definition) is 1. The van der Waals surface area contributed by atoms with Gasteiger partial charge >= 0.3 is 0 Å². The van der Waals surface area contributed by atoms with Gasteiger partial charge in [0.25, 0.3) is 0 Å². The Morgan fingerprint density at radius 3 is 2.63 bits per heavy atom. The summed E-state index contributed by atoms with van der Waals surface area (Å²) in [6.07, 6.45) is 3.82.